The lowest BCUT2D eigenvalue weighted by molar-refractivity contribution is -0.134. The second-order valence-electron chi connectivity index (χ2n) is 7.79. The standard InChI is InChI=1S/C20H28N4O2/c1-23-12-4-11-21-18(25)20(23)9-13-24(14-10-20)19(26)22-17-8-7-15-5-2-3-6-16(15)17/h2-3,5-6,17H,4,7-14H2,1H3,(H,21,25)(H,22,26)/t17-/m1/s1. The second-order valence-corrected chi connectivity index (χ2v) is 7.79. The zero-order valence-corrected chi connectivity index (χ0v) is 15.5. The van der Waals surface area contributed by atoms with Crippen LogP contribution in [0.2, 0.25) is 0 Å². The number of likely N-dealkylation sites (N-methyl/N-ethyl adjacent to an activating group) is 1. The van der Waals surface area contributed by atoms with Gasteiger partial charge in [0.15, 0.2) is 0 Å². The van der Waals surface area contributed by atoms with Crippen LogP contribution in [0.4, 0.5) is 4.79 Å². The third-order valence-electron chi connectivity index (χ3n) is 6.42. The summed E-state index contributed by atoms with van der Waals surface area (Å²) in [6.07, 6.45) is 4.37. The Labute approximate surface area is 154 Å². The van der Waals surface area contributed by atoms with E-state index in [0.29, 0.717) is 25.9 Å². The van der Waals surface area contributed by atoms with Gasteiger partial charge in [-0.25, -0.2) is 4.79 Å². The van der Waals surface area contributed by atoms with Gasteiger partial charge in [0.1, 0.15) is 5.54 Å². The first kappa shape index (κ1) is 17.3. The highest BCUT2D eigenvalue weighted by molar-refractivity contribution is 5.87. The molecule has 3 amide bonds. The van der Waals surface area contributed by atoms with Crippen LogP contribution in [0.25, 0.3) is 0 Å². The summed E-state index contributed by atoms with van der Waals surface area (Å²) in [5.41, 5.74) is 2.14. The maximum absolute atomic E-state index is 12.8. The molecule has 0 aromatic heterocycles. The molecule has 4 rings (SSSR count). The number of nitrogens with one attached hydrogen (secondary N) is 2. The number of carbonyl (C=O) groups is 2. The van der Waals surface area contributed by atoms with Crippen molar-refractivity contribution in [1.82, 2.24) is 20.4 Å². The molecular weight excluding hydrogens is 328 g/mol. The topological polar surface area (TPSA) is 64.7 Å². The molecule has 2 N–H and O–H groups in total. The lowest BCUT2D eigenvalue weighted by Crippen LogP contribution is -2.62. The van der Waals surface area contributed by atoms with Crippen LogP contribution in [0.3, 0.4) is 0 Å². The highest BCUT2D eigenvalue weighted by Gasteiger charge is 2.46. The summed E-state index contributed by atoms with van der Waals surface area (Å²) < 4.78 is 0. The first-order valence-electron chi connectivity index (χ1n) is 9.73. The number of carbonyl (C=O) groups excluding carboxylic acids is 2. The van der Waals surface area contributed by atoms with Crippen LogP contribution in [-0.2, 0) is 11.2 Å². The number of fused-ring (bicyclic) bond motifs is 1. The van der Waals surface area contributed by atoms with E-state index < -0.39 is 5.54 Å². The van der Waals surface area contributed by atoms with Crippen LogP contribution >= 0.6 is 0 Å². The van der Waals surface area contributed by atoms with E-state index in [1.807, 2.05) is 18.0 Å². The molecule has 2 fully saturated rings. The Morgan fingerprint density at radius 1 is 1.23 bits per heavy atom. The Morgan fingerprint density at radius 2 is 2.00 bits per heavy atom. The van der Waals surface area contributed by atoms with Crippen molar-refractivity contribution in [1.29, 1.82) is 0 Å². The van der Waals surface area contributed by atoms with E-state index in [9.17, 15) is 9.59 Å². The molecule has 0 bridgehead atoms. The zero-order chi connectivity index (χ0) is 18.1. The van der Waals surface area contributed by atoms with Gasteiger partial charge in [0, 0.05) is 26.2 Å². The Bertz CT molecular complexity index is 697. The molecule has 1 aromatic rings. The molecular formula is C20H28N4O2. The summed E-state index contributed by atoms with van der Waals surface area (Å²) in [4.78, 5) is 29.5. The van der Waals surface area contributed by atoms with E-state index in [2.05, 4.69) is 33.7 Å². The van der Waals surface area contributed by atoms with E-state index in [1.165, 1.54) is 11.1 Å². The first-order chi connectivity index (χ1) is 12.6. The van der Waals surface area contributed by atoms with Gasteiger partial charge >= 0.3 is 6.03 Å². The van der Waals surface area contributed by atoms with Gasteiger partial charge in [-0.3, -0.25) is 9.69 Å². The molecule has 2 saturated heterocycles. The maximum Gasteiger partial charge on any atom is 0.317 e. The number of amides is 3. The van der Waals surface area contributed by atoms with Gasteiger partial charge in [-0.05, 0) is 50.3 Å². The van der Waals surface area contributed by atoms with Crippen LogP contribution in [0.15, 0.2) is 24.3 Å². The summed E-state index contributed by atoms with van der Waals surface area (Å²) in [6.45, 7) is 2.91. The predicted octanol–water partition coefficient (Wildman–Crippen LogP) is 1.67. The summed E-state index contributed by atoms with van der Waals surface area (Å²) in [6, 6.07) is 8.46. The quantitative estimate of drug-likeness (QED) is 0.805. The molecule has 6 nitrogen and oxygen atoms in total. The molecule has 0 saturated carbocycles. The number of urea groups is 1. The fraction of sp³-hybridized carbons (Fsp3) is 0.600. The zero-order valence-electron chi connectivity index (χ0n) is 15.5. The molecule has 1 spiro atoms. The number of rotatable bonds is 1. The Balaban J connectivity index is 1.39. The van der Waals surface area contributed by atoms with E-state index in [4.69, 9.17) is 0 Å². The average Bonchev–Trinajstić information content (AvgIpc) is 3.02. The molecule has 1 aromatic carbocycles. The van der Waals surface area contributed by atoms with Crippen molar-refractivity contribution in [2.45, 2.75) is 43.7 Å². The number of aryl methyl sites for hydroxylation is 1. The molecule has 0 unspecified atom stereocenters. The van der Waals surface area contributed by atoms with Gasteiger partial charge in [-0.15, -0.1) is 0 Å². The Kier molecular flexibility index (Phi) is 4.61. The number of nitrogens with zero attached hydrogens (tertiary/aromatic N) is 2. The fourth-order valence-corrected chi connectivity index (χ4v) is 4.71. The summed E-state index contributed by atoms with van der Waals surface area (Å²) in [5, 5.41) is 6.25. The van der Waals surface area contributed by atoms with Crippen molar-refractivity contribution < 1.29 is 9.59 Å². The summed E-state index contributed by atoms with van der Waals surface area (Å²) >= 11 is 0. The van der Waals surface area contributed by atoms with Gasteiger partial charge < -0.3 is 15.5 Å². The predicted molar refractivity (Wildman–Crippen MR) is 99.8 cm³/mol. The Hall–Kier alpha value is -2.08. The monoisotopic (exact) mass is 356 g/mol. The normalized spacial score (nSPS) is 25.5. The molecule has 1 aliphatic carbocycles. The smallest absolute Gasteiger partial charge is 0.317 e. The van der Waals surface area contributed by atoms with Gasteiger partial charge in [-0.2, -0.15) is 0 Å². The van der Waals surface area contributed by atoms with Crippen molar-refractivity contribution in [3.63, 3.8) is 0 Å². The summed E-state index contributed by atoms with van der Waals surface area (Å²) in [7, 11) is 2.04. The van der Waals surface area contributed by atoms with Crippen molar-refractivity contribution in [3.05, 3.63) is 35.4 Å². The largest absolute Gasteiger partial charge is 0.354 e. The molecule has 26 heavy (non-hydrogen) atoms. The highest BCUT2D eigenvalue weighted by Crippen LogP contribution is 2.32. The second kappa shape index (κ2) is 6.91. The minimum Gasteiger partial charge on any atom is -0.354 e. The van der Waals surface area contributed by atoms with Crippen LogP contribution < -0.4 is 10.6 Å². The number of likely N-dealkylation sites (tertiary alicyclic amines) is 1. The molecule has 3 aliphatic rings. The van der Waals surface area contributed by atoms with Crippen molar-refractivity contribution in [3.8, 4) is 0 Å². The van der Waals surface area contributed by atoms with Gasteiger partial charge in [0.2, 0.25) is 5.91 Å². The highest BCUT2D eigenvalue weighted by atomic mass is 16.2. The molecule has 0 radical (unpaired) electrons. The average molecular weight is 356 g/mol. The molecule has 140 valence electrons. The lowest BCUT2D eigenvalue weighted by Gasteiger charge is -2.45. The van der Waals surface area contributed by atoms with Crippen molar-refractivity contribution >= 4 is 11.9 Å². The fourth-order valence-electron chi connectivity index (χ4n) is 4.71. The number of hydrogen-bond acceptors (Lipinski definition) is 3. The van der Waals surface area contributed by atoms with Crippen LogP contribution in [-0.4, -0.2) is 60.5 Å². The third-order valence-corrected chi connectivity index (χ3v) is 6.42. The minimum absolute atomic E-state index is 0.00163. The number of piperidine rings is 1. The number of benzene rings is 1. The van der Waals surface area contributed by atoms with Gasteiger partial charge in [-0.1, -0.05) is 24.3 Å². The van der Waals surface area contributed by atoms with E-state index in [-0.39, 0.29) is 18.0 Å². The van der Waals surface area contributed by atoms with Crippen molar-refractivity contribution in [2.24, 2.45) is 0 Å². The van der Waals surface area contributed by atoms with Crippen LogP contribution in [0.1, 0.15) is 42.9 Å². The lowest BCUT2D eigenvalue weighted by atomic mass is 9.85. The molecule has 1 atom stereocenters. The molecule has 2 aliphatic heterocycles. The minimum atomic E-state index is -0.451. The first-order valence-corrected chi connectivity index (χ1v) is 9.73. The third kappa shape index (κ3) is 2.96. The SMILES string of the molecule is CN1CCCNC(=O)C12CCN(C(=O)N[C@@H]1CCc3ccccc31)CC2. The molecule has 2 heterocycles. The number of hydrogen-bond donors (Lipinski definition) is 2. The van der Waals surface area contributed by atoms with Crippen LogP contribution in [0, 0.1) is 0 Å². The summed E-state index contributed by atoms with van der Waals surface area (Å²) in [5.74, 6) is 0.127. The van der Waals surface area contributed by atoms with Gasteiger partial charge in [0.05, 0.1) is 6.04 Å². The van der Waals surface area contributed by atoms with Gasteiger partial charge in [0.25, 0.3) is 0 Å². The van der Waals surface area contributed by atoms with E-state index in [1.54, 1.807) is 0 Å². The van der Waals surface area contributed by atoms with Crippen LogP contribution in [0.5, 0.6) is 0 Å². The van der Waals surface area contributed by atoms with E-state index in [0.717, 1.165) is 32.4 Å². The molecule has 6 heteroatoms. The van der Waals surface area contributed by atoms with E-state index >= 15 is 0 Å². The Morgan fingerprint density at radius 3 is 2.81 bits per heavy atom. The maximum atomic E-state index is 12.8. The van der Waals surface area contributed by atoms with Crippen molar-refractivity contribution in [2.75, 3.05) is 33.2 Å².